The van der Waals surface area contributed by atoms with Crippen LogP contribution in [0.5, 0.6) is 5.75 Å². The Balaban J connectivity index is 1.54. The van der Waals surface area contributed by atoms with Gasteiger partial charge in [0.25, 0.3) is 0 Å². The van der Waals surface area contributed by atoms with Crippen molar-refractivity contribution in [2.45, 2.75) is 13.0 Å². The summed E-state index contributed by atoms with van der Waals surface area (Å²) in [6.45, 7) is 7.58. The van der Waals surface area contributed by atoms with Gasteiger partial charge in [-0.1, -0.05) is 6.58 Å². The third-order valence-corrected chi connectivity index (χ3v) is 5.75. The van der Waals surface area contributed by atoms with Crippen molar-refractivity contribution in [3.63, 3.8) is 0 Å². The molecule has 0 unspecified atom stereocenters. The van der Waals surface area contributed by atoms with Gasteiger partial charge < -0.3 is 15.3 Å². The minimum atomic E-state index is 0.186. The molecule has 0 bridgehead atoms. The smallest absolute Gasteiger partial charge is 0.178 e. The van der Waals surface area contributed by atoms with E-state index in [9.17, 15) is 5.11 Å². The van der Waals surface area contributed by atoms with Gasteiger partial charge in [-0.3, -0.25) is 4.68 Å². The second-order valence-electron chi connectivity index (χ2n) is 7.79. The topological polar surface area (TPSA) is 92.0 Å². The maximum Gasteiger partial charge on any atom is 0.178 e. The van der Waals surface area contributed by atoms with E-state index in [-0.39, 0.29) is 11.8 Å². The van der Waals surface area contributed by atoms with Crippen molar-refractivity contribution in [2.24, 2.45) is 7.05 Å². The minimum absolute atomic E-state index is 0.186. The number of hydrogen-bond acceptors (Lipinski definition) is 7. The molecule has 0 spiro atoms. The minimum Gasteiger partial charge on any atom is -0.507 e. The fourth-order valence-electron chi connectivity index (χ4n) is 4.07. The number of aromatic nitrogens is 5. The Morgan fingerprint density at radius 3 is 2.87 bits per heavy atom. The normalized spacial score (nSPS) is 16.8. The number of hydrogen-bond donors (Lipinski definition) is 2. The van der Waals surface area contributed by atoms with E-state index in [4.69, 9.17) is 4.98 Å². The highest BCUT2D eigenvalue weighted by Crippen LogP contribution is 2.36. The van der Waals surface area contributed by atoms with Gasteiger partial charge in [0.05, 0.1) is 17.4 Å². The molecule has 5 rings (SSSR count). The number of pyridine rings is 1. The summed E-state index contributed by atoms with van der Waals surface area (Å²) in [5, 5.41) is 19.4. The Hall–Kier alpha value is -3.52. The van der Waals surface area contributed by atoms with Crippen LogP contribution in [0.15, 0.2) is 42.7 Å². The first-order valence-electron chi connectivity index (χ1n) is 9.84. The van der Waals surface area contributed by atoms with Crippen molar-refractivity contribution in [1.82, 2.24) is 30.0 Å². The summed E-state index contributed by atoms with van der Waals surface area (Å²) in [5.74, 6) is 0.998. The lowest BCUT2D eigenvalue weighted by Gasteiger charge is -2.16. The van der Waals surface area contributed by atoms with Gasteiger partial charge in [-0.05, 0) is 37.7 Å². The first-order chi connectivity index (χ1) is 14.4. The highest BCUT2D eigenvalue weighted by Gasteiger charge is 2.26. The zero-order valence-electron chi connectivity index (χ0n) is 17.2. The highest BCUT2D eigenvalue weighted by atomic mass is 16.3. The van der Waals surface area contributed by atoms with Crippen molar-refractivity contribution in [2.75, 3.05) is 25.0 Å². The van der Waals surface area contributed by atoms with Crippen molar-refractivity contribution >= 4 is 27.9 Å². The molecular formula is C22H23N7O. The van der Waals surface area contributed by atoms with Crippen LogP contribution in [0, 0.1) is 6.92 Å². The summed E-state index contributed by atoms with van der Waals surface area (Å²) in [7, 11) is 3.81. The molecule has 3 aromatic heterocycles. The number of nitrogens with one attached hydrogen (secondary N) is 1. The van der Waals surface area contributed by atoms with Crippen molar-refractivity contribution in [1.29, 1.82) is 0 Å². The number of phenols is 1. The van der Waals surface area contributed by atoms with E-state index in [1.807, 2.05) is 45.4 Å². The predicted molar refractivity (Wildman–Crippen MR) is 118 cm³/mol. The molecule has 1 saturated heterocycles. The van der Waals surface area contributed by atoms with Gasteiger partial charge in [-0.25, -0.2) is 15.0 Å². The summed E-state index contributed by atoms with van der Waals surface area (Å²) in [4.78, 5) is 16.1. The Bertz CT molecular complexity index is 1310. The van der Waals surface area contributed by atoms with Crippen molar-refractivity contribution in [3.8, 4) is 17.0 Å². The number of benzene rings is 1. The number of rotatable bonds is 3. The fourth-order valence-corrected chi connectivity index (χ4v) is 4.07. The Kier molecular flexibility index (Phi) is 4.18. The first kappa shape index (κ1) is 18.5. The van der Waals surface area contributed by atoms with Crippen LogP contribution >= 0.6 is 0 Å². The van der Waals surface area contributed by atoms with Crippen molar-refractivity contribution in [3.05, 3.63) is 48.3 Å². The fraction of sp³-hybridized carbons (Fsp3) is 0.273. The van der Waals surface area contributed by atoms with Crippen LogP contribution in [0.4, 0.5) is 5.82 Å². The van der Waals surface area contributed by atoms with E-state index in [0.717, 1.165) is 40.9 Å². The predicted octanol–water partition coefficient (Wildman–Crippen LogP) is 2.56. The zero-order valence-corrected chi connectivity index (χ0v) is 17.2. The molecule has 8 heteroatoms. The van der Waals surface area contributed by atoms with E-state index in [2.05, 4.69) is 31.9 Å². The van der Waals surface area contributed by atoms with E-state index in [1.54, 1.807) is 10.9 Å². The number of aryl methyl sites for hydroxylation is 2. The number of anilines is 1. The SMILES string of the molecule is C=C1CN(c2cnc3nc(-c4cc5cn(C)nc5c(C)c4O)ccc3n2)C[C@@H]1NC. The van der Waals surface area contributed by atoms with Crippen LogP contribution in [-0.4, -0.2) is 56.0 Å². The molecule has 0 amide bonds. The van der Waals surface area contributed by atoms with Crippen LogP contribution < -0.4 is 10.2 Å². The molecule has 2 N–H and O–H groups in total. The molecule has 0 radical (unpaired) electrons. The van der Waals surface area contributed by atoms with Gasteiger partial charge in [-0.15, -0.1) is 0 Å². The second kappa shape index (κ2) is 6.77. The Labute approximate surface area is 173 Å². The van der Waals surface area contributed by atoms with Gasteiger partial charge >= 0.3 is 0 Å². The summed E-state index contributed by atoms with van der Waals surface area (Å²) in [6.07, 6.45) is 3.68. The molecule has 1 aliphatic heterocycles. The number of nitrogens with zero attached hydrogens (tertiary/aromatic N) is 6. The highest BCUT2D eigenvalue weighted by molar-refractivity contribution is 5.91. The third kappa shape index (κ3) is 2.88. The summed E-state index contributed by atoms with van der Waals surface area (Å²) in [5.41, 5.74) is 5.24. The van der Waals surface area contributed by atoms with Crippen LogP contribution in [0.3, 0.4) is 0 Å². The number of phenolic OH excluding ortho intramolecular Hbond substituents is 1. The van der Waals surface area contributed by atoms with E-state index in [0.29, 0.717) is 22.4 Å². The molecule has 1 aromatic carbocycles. The maximum absolute atomic E-state index is 10.7. The molecule has 1 atom stereocenters. The van der Waals surface area contributed by atoms with Gasteiger partial charge in [0, 0.05) is 48.9 Å². The first-order valence-corrected chi connectivity index (χ1v) is 9.84. The van der Waals surface area contributed by atoms with Gasteiger partial charge in [0.1, 0.15) is 17.1 Å². The van der Waals surface area contributed by atoms with Gasteiger partial charge in [0.2, 0.25) is 0 Å². The molecule has 30 heavy (non-hydrogen) atoms. The summed E-state index contributed by atoms with van der Waals surface area (Å²) in [6, 6.07) is 5.94. The average molecular weight is 401 g/mol. The summed E-state index contributed by atoms with van der Waals surface area (Å²) >= 11 is 0. The average Bonchev–Trinajstić information content (AvgIpc) is 3.31. The second-order valence-corrected chi connectivity index (χ2v) is 7.79. The lowest BCUT2D eigenvalue weighted by atomic mass is 10.0. The quantitative estimate of drug-likeness (QED) is 0.510. The molecule has 0 aliphatic carbocycles. The monoisotopic (exact) mass is 401 g/mol. The lowest BCUT2D eigenvalue weighted by molar-refractivity contribution is 0.474. The van der Waals surface area contributed by atoms with Gasteiger partial charge in [0.15, 0.2) is 5.65 Å². The van der Waals surface area contributed by atoms with Crippen molar-refractivity contribution < 1.29 is 5.11 Å². The molecular weight excluding hydrogens is 378 g/mol. The van der Waals surface area contributed by atoms with Crippen LogP contribution in [-0.2, 0) is 7.05 Å². The van der Waals surface area contributed by atoms with E-state index >= 15 is 0 Å². The van der Waals surface area contributed by atoms with Crippen LogP contribution in [0.2, 0.25) is 0 Å². The molecule has 152 valence electrons. The lowest BCUT2D eigenvalue weighted by Crippen LogP contribution is -2.30. The van der Waals surface area contributed by atoms with E-state index < -0.39 is 0 Å². The third-order valence-electron chi connectivity index (χ3n) is 5.75. The number of fused-ring (bicyclic) bond motifs is 2. The number of likely N-dealkylation sites (N-methyl/N-ethyl adjacent to an activating group) is 1. The molecule has 4 aromatic rings. The molecule has 1 fully saturated rings. The molecule has 0 saturated carbocycles. The maximum atomic E-state index is 10.7. The largest absolute Gasteiger partial charge is 0.507 e. The van der Waals surface area contributed by atoms with Crippen LogP contribution in [0.25, 0.3) is 33.3 Å². The molecule has 8 nitrogen and oxygen atoms in total. The van der Waals surface area contributed by atoms with E-state index in [1.165, 1.54) is 0 Å². The Morgan fingerprint density at radius 2 is 2.10 bits per heavy atom. The zero-order chi connectivity index (χ0) is 21.0. The molecule has 1 aliphatic rings. The standard InChI is InChI=1S/C22H23N7O/c1-12-9-29(11-18(12)23-3)19-8-24-22-17(25-19)6-5-16(26-22)15-7-14-10-28(4)27-20(14)13(2)21(15)30/h5-8,10,18,23,30H,1,9,11H2,2-4H3/t18-/m0/s1. The number of aromatic hydroxyl groups is 1. The summed E-state index contributed by atoms with van der Waals surface area (Å²) < 4.78 is 1.74. The molecule has 4 heterocycles. The van der Waals surface area contributed by atoms with Gasteiger partial charge in [-0.2, -0.15) is 5.10 Å². The Morgan fingerprint density at radius 1 is 1.27 bits per heavy atom. The van der Waals surface area contributed by atoms with Crippen LogP contribution in [0.1, 0.15) is 5.56 Å².